The Hall–Kier alpha value is -0.530. The molecule has 1 aromatic carbocycles. The van der Waals surface area contributed by atoms with E-state index in [2.05, 4.69) is 19.1 Å². The molecular weight excluding hydrogens is 194 g/mol. The standard InChI is InChI=1S/C12H18ClN/c1-10(8-9-14)2-3-11-4-6-12(13)7-5-11/h4-7,10H,2-3,8-9,14H2,1H3. The highest BCUT2D eigenvalue weighted by Gasteiger charge is 2.01. The number of benzene rings is 1. The molecule has 0 aliphatic rings. The summed E-state index contributed by atoms with van der Waals surface area (Å²) in [7, 11) is 0. The van der Waals surface area contributed by atoms with Crippen LogP contribution in [0.25, 0.3) is 0 Å². The van der Waals surface area contributed by atoms with E-state index in [0.717, 1.165) is 30.3 Å². The molecule has 0 radical (unpaired) electrons. The summed E-state index contributed by atoms with van der Waals surface area (Å²) >= 11 is 5.81. The van der Waals surface area contributed by atoms with Gasteiger partial charge >= 0.3 is 0 Å². The number of rotatable bonds is 5. The first-order chi connectivity index (χ1) is 6.72. The Morgan fingerprint density at radius 2 is 1.86 bits per heavy atom. The molecule has 0 saturated heterocycles. The average Bonchev–Trinajstić information content (AvgIpc) is 2.17. The highest BCUT2D eigenvalue weighted by Crippen LogP contribution is 2.14. The molecule has 0 saturated carbocycles. The van der Waals surface area contributed by atoms with Crippen molar-refractivity contribution in [1.82, 2.24) is 0 Å². The average molecular weight is 212 g/mol. The summed E-state index contributed by atoms with van der Waals surface area (Å²) in [5.74, 6) is 0.718. The second-order valence-corrected chi connectivity index (χ2v) is 4.28. The predicted octanol–water partition coefficient (Wildman–Crippen LogP) is 3.26. The van der Waals surface area contributed by atoms with Crippen LogP contribution in [0.5, 0.6) is 0 Å². The molecule has 1 nitrogen and oxygen atoms in total. The summed E-state index contributed by atoms with van der Waals surface area (Å²) < 4.78 is 0. The second kappa shape index (κ2) is 6.05. The topological polar surface area (TPSA) is 26.0 Å². The van der Waals surface area contributed by atoms with Crippen LogP contribution in [0.3, 0.4) is 0 Å². The van der Waals surface area contributed by atoms with Crippen molar-refractivity contribution in [3.05, 3.63) is 34.9 Å². The van der Waals surface area contributed by atoms with E-state index >= 15 is 0 Å². The summed E-state index contributed by atoms with van der Waals surface area (Å²) in [6.07, 6.45) is 3.45. The molecule has 0 bridgehead atoms. The first-order valence-electron chi connectivity index (χ1n) is 5.17. The molecule has 0 fully saturated rings. The lowest BCUT2D eigenvalue weighted by molar-refractivity contribution is 0.500. The molecule has 0 aromatic heterocycles. The molecule has 1 rings (SSSR count). The van der Waals surface area contributed by atoms with Crippen LogP contribution in [-0.2, 0) is 6.42 Å². The van der Waals surface area contributed by atoms with Gasteiger partial charge in [0.25, 0.3) is 0 Å². The van der Waals surface area contributed by atoms with Gasteiger partial charge in [-0.25, -0.2) is 0 Å². The van der Waals surface area contributed by atoms with E-state index < -0.39 is 0 Å². The molecule has 78 valence electrons. The molecule has 14 heavy (non-hydrogen) atoms. The highest BCUT2D eigenvalue weighted by atomic mass is 35.5. The van der Waals surface area contributed by atoms with E-state index in [1.54, 1.807) is 0 Å². The summed E-state index contributed by atoms with van der Waals surface area (Å²) in [5, 5.41) is 0.809. The fourth-order valence-corrected chi connectivity index (χ4v) is 1.62. The molecule has 2 N–H and O–H groups in total. The van der Waals surface area contributed by atoms with Crippen LogP contribution in [0.1, 0.15) is 25.3 Å². The van der Waals surface area contributed by atoms with Crippen molar-refractivity contribution in [3.63, 3.8) is 0 Å². The maximum Gasteiger partial charge on any atom is 0.0406 e. The quantitative estimate of drug-likeness (QED) is 0.795. The van der Waals surface area contributed by atoms with E-state index in [-0.39, 0.29) is 0 Å². The maximum atomic E-state index is 5.81. The fourth-order valence-electron chi connectivity index (χ4n) is 1.49. The van der Waals surface area contributed by atoms with Gasteiger partial charge in [0, 0.05) is 5.02 Å². The van der Waals surface area contributed by atoms with Gasteiger partial charge in [-0.1, -0.05) is 30.7 Å². The van der Waals surface area contributed by atoms with Crippen molar-refractivity contribution >= 4 is 11.6 Å². The minimum absolute atomic E-state index is 0.718. The van der Waals surface area contributed by atoms with Gasteiger partial charge in [-0.2, -0.15) is 0 Å². The van der Waals surface area contributed by atoms with Gasteiger partial charge in [-0.05, 0) is 49.4 Å². The Labute approximate surface area is 91.3 Å². The number of aryl methyl sites for hydroxylation is 1. The Balaban J connectivity index is 2.34. The van der Waals surface area contributed by atoms with Crippen LogP contribution in [0.15, 0.2) is 24.3 Å². The van der Waals surface area contributed by atoms with Crippen LogP contribution < -0.4 is 5.73 Å². The van der Waals surface area contributed by atoms with E-state index in [4.69, 9.17) is 17.3 Å². The van der Waals surface area contributed by atoms with E-state index in [1.165, 1.54) is 12.0 Å². The molecule has 0 aliphatic carbocycles. The number of hydrogen-bond acceptors (Lipinski definition) is 1. The van der Waals surface area contributed by atoms with Crippen LogP contribution in [0, 0.1) is 5.92 Å². The summed E-state index contributed by atoms with van der Waals surface area (Å²) in [5.41, 5.74) is 6.86. The number of halogens is 1. The Kier molecular flexibility index (Phi) is 4.99. The monoisotopic (exact) mass is 211 g/mol. The maximum absolute atomic E-state index is 5.81. The minimum atomic E-state index is 0.718. The van der Waals surface area contributed by atoms with Gasteiger partial charge in [0.05, 0.1) is 0 Å². The predicted molar refractivity (Wildman–Crippen MR) is 62.6 cm³/mol. The number of nitrogens with two attached hydrogens (primary N) is 1. The lowest BCUT2D eigenvalue weighted by Crippen LogP contribution is -2.06. The number of hydrogen-bond donors (Lipinski definition) is 1. The molecule has 1 aromatic rings. The first kappa shape index (κ1) is 11.5. The normalized spacial score (nSPS) is 12.8. The van der Waals surface area contributed by atoms with Gasteiger partial charge in [0.15, 0.2) is 0 Å². The Morgan fingerprint density at radius 1 is 1.21 bits per heavy atom. The molecular formula is C12H18ClN. The van der Waals surface area contributed by atoms with Crippen LogP contribution in [0.2, 0.25) is 5.02 Å². The Morgan fingerprint density at radius 3 is 2.43 bits per heavy atom. The lowest BCUT2D eigenvalue weighted by atomic mass is 9.98. The van der Waals surface area contributed by atoms with E-state index in [1.807, 2.05) is 12.1 Å². The SMILES string of the molecule is CC(CCN)CCc1ccc(Cl)cc1. The highest BCUT2D eigenvalue weighted by molar-refractivity contribution is 6.30. The third-order valence-electron chi connectivity index (χ3n) is 2.50. The second-order valence-electron chi connectivity index (χ2n) is 3.85. The summed E-state index contributed by atoms with van der Waals surface area (Å²) in [6, 6.07) is 8.09. The zero-order valence-electron chi connectivity index (χ0n) is 8.67. The lowest BCUT2D eigenvalue weighted by Gasteiger charge is -2.09. The van der Waals surface area contributed by atoms with Crippen LogP contribution in [0.4, 0.5) is 0 Å². The van der Waals surface area contributed by atoms with Gasteiger partial charge in [0.2, 0.25) is 0 Å². The molecule has 1 atom stereocenters. The van der Waals surface area contributed by atoms with Crippen LogP contribution in [-0.4, -0.2) is 6.54 Å². The van der Waals surface area contributed by atoms with Crippen molar-refractivity contribution < 1.29 is 0 Å². The van der Waals surface area contributed by atoms with Crippen molar-refractivity contribution in [2.24, 2.45) is 11.7 Å². The van der Waals surface area contributed by atoms with Crippen molar-refractivity contribution in [2.45, 2.75) is 26.2 Å². The third-order valence-corrected chi connectivity index (χ3v) is 2.75. The summed E-state index contributed by atoms with van der Waals surface area (Å²) in [6.45, 7) is 3.05. The first-order valence-corrected chi connectivity index (χ1v) is 5.54. The third kappa shape index (κ3) is 4.12. The zero-order valence-corrected chi connectivity index (χ0v) is 9.43. The Bertz CT molecular complexity index is 256. The minimum Gasteiger partial charge on any atom is -0.330 e. The van der Waals surface area contributed by atoms with Crippen molar-refractivity contribution in [2.75, 3.05) is 6.54 Å². The molecule has 2 heteroatoms. The van der Waals surface area contributed by atoms with E-state index in [9.17, 15) is 0 Å². The zero-order chi connectivity index (χ0) is 10.4. The van der Waals surface area contributed by atoms with Gasteiger partial charge in [0.1, 0.15) is 0 Å². The molecule has 0 amide bonds. The van der Waals surface area contributed by atoms with Crippen LogP contribution >= 0.6 is 11.6 Å². The molecule has 0 heterocycles. The largest absolute Gasteiger partial charge is 0.330 e. The summed E-state index contributed by atoms with van der Waals surface area (Å²) in [4.78, 5) is 0. The van der Waals surface area contributed by atoms with Crippen molar-refractivity contribution in [1.29, 1.82) is 0 Å². The fraction of sp³-hybridized carbons (Fsp3) is 0.500. The van der Waals surface area contributed by atoms with Gasteiger partial charge in [-0.15, -0.1) is 0 Å². The van der Waals surface area contributed by atoms with E-state index in [0.29, 0.717) is 0 Å². The van der Waals surface area contributed by atoms with Gasteiger partial charge < -0.3 is 5.73 Å². The van der Waals surface area contributed by atoms with Gasteiger partial charge in [-0.3, -0.25) is 0 Å². The molecule has 0 spiro atoms. The molecule has 1 unspecified atom stereocenters. The smallest absolute Gasteiger partial charge is 0.0406 e. The molecule has 0 aliphatic heterocycles. The van der Waals surface area contributed by atoms with Crippen molar-refractivity contribution in [3.8, 4) is 0 Å².